The van der Waals surface area contributed by atoms with E-state index in [9.17, 15) is 0 Å². The SMILES string of the molecule is CCC(CSC)N(C)CCCCC(C)N. The van der Waals surface area contributed by atoms with E-state index in [1.54, 1.807) is 0 Å². The summed E-state index contributed by atoms with van der Waals surface area (Å²) < 4.78 is 0. The summed E-state index contributed by atoms with van der Waals surface area (Å²) in [6.45, 7) is 5.58. The van der Waals surface area contributed by atoms with E-state index in [0.29, 0.717) is 6.04 Å². The maximum atomic E-state index is 5.73. The number of thioether (sulfide) groups is 1. The molecule has 0 aliphatic carbocycles. The average molecular weight is 232 g/mol. The minimum absolute atomic E-state index is 0.364. The van der Waals surface area contributed by atoms with Crippen LogP contribution in [-0.2, 0) is 0 Å². The lowest BCUT2D eigenvalue weighted by Crippen LogP contribution is -2.34. The Morgan fingerprint density at radius 1 is 1.33 bits per heavy atom. The Balaban J connectivity index is 3.56. The van der Waals surface area contributed by atoms with Gasteiger partial charge in [0.05, 0.1) is 0 Å². The van der Waals surface area contributed by atoms with E-state index < -0.39 is 0 Å². The largest absolute Gasteiger partial charge is 0.328 e. The molecule has 0 amide bonds. The standard InChI is InChI=1S/C12H28N2S/c1-5-12(10-15-4)14(3)9-7-6-8-11(2)13/h11-12H,5-10,13H2,1-4H3. The number of nitrogens with two attached hydrogens (primary N) is 1. The van der Waals surface area contributed by atoms with E-state index in [-0.39, 0.29) is 0 Å². The third-order valence-corrected chi connectivity index (χ3v) is 3.59. The van der Waals surface area contributed by atoms with E-state index in [4.69, 9.17) is 5.73 Å². The monoisotopic (exact) mass is 232 g/mol. The summed E-state index contributed by atoms with van der Waals surface area (Å²) in [5, 5.41) is 0. The fraction of sp³-hybridized carbons (Fsp3) is 1.00. The lowest BCUT2D eigenvalue weighted by atomic mass is 10.1. The Labute approximate surface area is 100.0 Å². The Morgan fingerprint density at radius 2 is 2.00 bits per heavy atom. The van der Waals surface area contributed by atoms with Crippen molar-refractivity contribution in [3.05, 3.63) is 0 Å². The molecule has 2 N–H and O–H groups in total. The fourth-order valence-corrected chi connectivity index (χ4v) is 2.63. The molecule has 0 bridgehead atoms. The van der Waals surface area contributed by atoms with E-state index in [2.05, 4.69) is 32.1 Å². The number of rotatable bonds is 9. The first-order chi connectivity index (χ1) is 7.11. The minimum Gasteiger partial charge on any atom is -0.328 e. The van der Waals surface area contributed by atoms with Gasteiger partial charge in [-0.1, -0.05) is 13.3 Å². The zero-order valence-corrected chi connectivity index (χ0v) is 11.6. The fourth-order valence-electron chi connectivity index (χ4n) is 1.76. The van der Waals surface area contributed by atoms with Gasteiger partial charge in [0.1, 0.15) is 0 Å². The van der Waals surface area contributed by atoms with Gasteiger partial charge in [0, 0.05) is 17.8 Å². The summed E-state index contributed by atoms with van der Waals surface area (Å²) in [7, 11) is 2.25. The highest BCUT2D eigenvalue weighted by Crippen LogP contribution is 2.09. The van der Waals surface area contributed by atoms with Crippen molar-refractivity contribution in [2.24, 2.45) is 5.73 Å². The molecule has 0 aromatic carbocycles. The molecule has 0 heterocycles. The number of nitrogens with zero attached hydrogens (tertiary/aromatic N) is 1. The third kappa shape index (κ3) is 8.12. The molecule has 2 nitrogen and oxygen atoms in total. The topological polar surface area (TPSA) is 29.3 Å². The second kappa shape index (κ2) is 9.49. The van der Waals surface area contributed by atoms with E-state index in [1.807, 2.05) is 11.8 Å². The van der Waals surface area contributed by atoms with Gasteiger partial charge in [-0.15, -0.1) is 0 Å². The number of hydrogen-bond donors (Lipinski definition) is 1. The van der Waals surface area contributed by atoms with E-state index >= 15 is 0 Å². The molecule has 0 radical (unpaired) electrons. The maximum absolute atomic E-state index is 5.73. The van der Waals surface area contributed by atoms with Gasteiger partial charge in [0.15, 0.2) is 0 Å². The summed E-state index contributed by atoms with van der Waals surface area (Å²) in [5.41, 5.74) is 5.73. The second-order valence-electron chi connectivity index (χ2n) is 4.47. The maximum Gasteiger partial charge on any atom is 0.0180 e. The van der Waals surface area contributed by atoms with Crippen molar-refractivity contribution >= 4 is 11.8 Å². The highest BCUT2D eigenvalue weighted by Gasteiger charge is 2.10. The summed E-state index contributed by atoms with van der Waals surface area (Å²) in [4.78, 5) is 2.50. The highest BCUT2D eigenvalue weighted by atomic mass is 32.2. The molecule has 2 atom stereocenters. The minimum atomic E-state index is 0.364. The van der Waals surface area contributed by atoms with Crippen LogP contribution in [0.5, 0.6) is 0 Å². The molecule has 0 rings (SSSR count). The Kier molecular flexibility index (Phi) is 9.66. The summed E-state index contributed by atoms with van der Waals surface area (Å²) in [6, 6.07) is 1.11. The van der Waals surface area contributed by atoms with Crippen LogP contribution in [0.4, 0.5) is 0 Å². The van der Waals surface area contributed by atoms with Crippen LogP contribution in [0.2, 0.25) is 0 Å². The van der Waals surface area contributed by atoms with Gasteiger partial charge in [-0.2, -0.15) is 11.8 Å². The Hall–Kier alpha value is 0.270. The lowest BCUT2D eigenvalue weighted by molar-refractivity contribution is 0.250. The molecule has 15 heavy (non-hydrogen) atoms. The molecule has 0 aromatic rings. The van der Waals surface area contributed by atoms with Gasteiger partial charge >= 0.3 is 0 Å². The van der Waals surface area contributed by atoms with Crippen molar-refractivity contribution in [2.45, 2.75) is 51.6 Å². The van der Waals surface area contributed by atoms with E-state index in [0.717, 1.165) is 12.5 Å². The molecule has 0 saturated carbocycles. The van der Waals surface area contributed by atoms with Crippen molar-refractivity contribution < 1.29 is 0 Å². The molecule has 92 valence electrons. The molecule has 0 aliphatic heterocycles. The lowest BCUT2D eigenvalue weighted by Gasteiger charge is -2.26. The average Bonchev–Trinajstić information content (AvgIpc) is 2.20. The van der Waals surface area contributed by atoms with Gasteiger partial charge in [-0.3, -0.25) is 0 Å². The van der Waals surface area contributed by atoms with Crippen molar-refractivity contribution in [2.75, 3.05) is 25.6 Å². The summed E-state index contributed by atoms with van der Waals surface area (Å²) in [5.74, 6) is 1.25. The molecule has 0 spiro atoms. The van der Waals surface area contributed by atoms with Crippen LogP contribution >= 0.6 is 11.8 Å². The normalized spacial score (nSPS) is 15.6. The molecule has 3 heteroatoms. The second-order valence-corrected chi connectivity index (χ2v) is 5.38. The summed E-state index contributed by atoms with van der Waals surface area (Å²) in [6.07, 6.45) is 7.14. The van der Waals surface area contributed by atoms with Crippen LogP contribution in [0.15, 0.2) is 0 Å². The summed E-state index contributed by atoms with van der Waals surface area (Å²) >= 11 is 1.95. The predicted molar refractivity (Wildman–Crippen MR) is 72.6 cm³/mol. The van der Waals surface area contributed by atoms with Gasteiger partial charge in [0.25, 0.3) is 0 Å². The molecule has 0 fully saturated rings. The van der Waals surface area contributed by atoms with Gasteiger partial charge in [0.2, 0.25) is 0 Å². The first-order valence-corrected chi connectivity index (χ1v) is 7.45. The van der Waals surface area contributed by atoms with Crippen molar-refractivity contribution in [3.63, 3.8) is 0 Å². The quantitative estimate of drug-likeness (QED) is 0.620. The molecular formula is C12H28N2S. The van der Waals surface area contributed by atoms with Gasteiger partial charge < -0.3 is 10.6 Å². The Bertz CT molecular complexity index is 140. The third-order valence-electron chi connectivity index (χ3n) is 2.87. The molecular weight excluding hydrogens is 204 g/mol. The molecule has 0 saturated heterocycles. The smallest absolute Gasteiger partial charge is 0.0180 e. The predicted octanol–water partition coefficient (Wildman–Crippen LogP) is 2.58. The van der Waals surface area contributed by atoms with Crippen LogP contribution in [0.3, 0.4) is 0 Å². The van der Waals surface area contributed by atoms with E-state index in [1.165, 1.54) is 31.6 Å². The van der Waals surface area contributed by atoms with Gasteiger partial charge in [-0.25, -0.2) is 0 Å². The van der Waals surface area contributed by atoms with Gasteiger partial charge in [-0.05, 0) is 46.0 Å². The van der Waals surface area contributed by atoms with Crippen LogP contribution in [0.25, 0.3) is 0 Å². The molecule has 0 aromatic heterocycles. The van der Waals surface area contributed by atoms with Crippen LogP contribution in [0.1, 0.15) is 39.5 Å². The zero-order chi connectivity index (χ0) is 11.7. The first-order valence-electron chi connectivity index (χ1n) is 6.06. The Morgan fingerprint density at radius 3 is 2.47 bits per heavy atom. The van der Waals surface area contributed by atoms with Crippen molar-refractivity contribution in [3.8, 4) is 0 Å². The number of unbranched alkanes of at least 4 members (excludes halogenated alkanes) is 1. The van der Waals surface area contributed by atoms with Crippen molar-refractivity contribution in [1.82, 2.24) is 4.90 Å². The molecule has 2 unspecified atom stereocenters. The zero-order valence-electron chi connectivity index (χ0n) is 10.8. The van der Waals surface area contributed by atoms with Crippen LogP contribution in [0, 0.1) is 0 Å². The van der Waals surface area contributed by atoms with Crippen LogP contribution < -0.4 is 5.73 Å². The highest BCUT2D eigenvalue weighted by molar-refractivity contribution is 7.98. The molecule has 0 aliphatic rings. The van der Waals surface area contributed by atoms with Crippen LogP contribution in [-0.4, -0.2) is 42.6 Å². The van der Waals surface area contributed by atoms with Crippen molar-refractivity contribution in [1.29, 1.82) is 0 Å². The first kappa shape index (κ1) is 15.3. The number of hydrogen-bond acceptors (Lipinski definition) is 3.